The minimum atomic E-state index is 0.473. The van der Waals surface area contributed by atoms with Gasteiger partial charge in [-0.05, 0) is 44.0 Å². The number of hydrogen-bond acceptors (Lipinski definition) is 2. The summed E-state index contributed by atoms with van der Waals surface area (Å²) in [5.74, 6) is 0.916. The highest BCUT2D eigenvalue weighted by molar-refractivity contribution is 9.10. The lowest BCUT2D eigenvalue weighted by atomic mass is 10.0. The van der Waals surface area contributed by atoms with Crippen LogP contribution in [-0.2, 0) is 0 Å². The van der Waals surface area contributed by atoms with Gasteiger partial charge in [0.1, 0.15) is 0 Å². The third-order valence-corrected chi connectivity index (χ3v) is 3.07. The molecule has 3 heteroatoms. The predicted octanol–water partition coefficient (Wildman–Crippen LogP) is 3.37. The first-order valence-electron chi connectivity index (χ1n) is 4.68. The van der Waals surface area contributed by atoms with E-state index in [0.29, 0.717) is 6.04 Å². The number of hydrogen-bond donors (Lipinski definition) is 1. The molecular weight excluding hydrogens is 258 g/mol. The summed E-state index contributed by atoms with van der Waals surface area (Å²) in [5, 5.41) is 0. The zero-order chi connectivity index (χ0) is 10.6. The average molecular weight is 274 g/mol. The molecule has 78 valence electrons. The van der Waals surface area contributed by atoms with Crippen LogP contribution in [0, 0.1) is 0 Å². The lowest BCUT2D eigenvalue weighted by molar-refractivity contribution is 0.293. The second-order valence-electron chi connectivity index (χ2n) is 3.54. The van der Waals surface area contributed by atoms with Gasteiger partial charge in [0.15, 0.2) is 0 Å². The minimum Gasteiger partial charge on any atom is -0.302 e. The summed E-state index contributed by atoms with van der Waals surface area (Å²) < 4.78 is 1.13. The Kier molecular flexibility index (Phi) is 4.99. The van der Waals surface area contributed by atoms with Crippen LogP contribution in [0.5, 0.6) is 0 Å². The van der Waals surface area contributed by atoms with Crippen molar-refractivity contribution >= 4 is 28.6 Å². The fourth-order valence-electron chi connectivity index (χ4n) is 1.53. The van der Waals surface area contributed by atoms with Crippen LogP contribution < -0.4 is 0 Å². The molecule has 0 radical (unpaired) electrons. The Labute approximate surface area is 100 Å². The van der Waals surface area contributed by atoms with Crippen molar-refractivity contribution in [3.63, 3.8) is 0 Å². The normalized spacial score (nSPS) is 13.2. The molecule has 0 saturated carbocycles. The van der Waals surface area contributed by atoms with Gasteiger partial charge in [0.2, 0.25) is 0 Å². The van der Waals surface area contributed by atoms with Crippen LogP contribution in [0.2, 0.25) is 0 Å². The van der Waals surface area contributed by atoms with Crippen molar-refractivity contribution in [2.45, 2.75) is 12.5 Å². The molecule has 0 N–H and O–H groups in total. The third-order valence-electron chi connectivity index (χ3n) is 2.28. The van der Waals surface area contributed by atoms with E-state index < -0.39 is 0 Å². The van der Waals surface area contributed by atoms with E-state index in [4.69, 9.17) is 0 Å². The maximum Gasteiger partial charge on any atom is 0.0349 e. The molecule has 0 aromatic heterocycles. The van der Waals surface area contributed by atoms with Gasteiger partial charge < -0.3 is 4.90 Å². The average Bonchev–Trinajstić information content (AvgIpc) is 2.15. The molecule has 0 spiro atoms. The van der Waals surface area contributed by atoms with Crippen molar-refractivity contribution in [3.05, 3.63) is 34.3 Å². The molecule has 0 aliphatic carbocycles. The summed E-state index contributed by atoms with van der Waals surface area (Å²) in [6.45, 7) is 0. The molecule has 0 saturated heterocycles. The summed E-state index contributed by atoms with van der Waals surface area (Å²) >= 11 is 7.73. The SMILES string of the molecule is CN(C)C(CCS)c1ccc(Br)cc1. The van der Waals surface area contributed by atoms with Crippen molar-refractivity contribution in [2.75, 3.05) is 19.8 Å². The molecule has 1 nitrogen and oxygen atoms in total. The highest BCUT2D eigenvalue weighted by atomic mass is 79.9. The standard InChI is InChI=1S/C11H16BrNS/c1-13(2)11(7-8-14)9-3-5-10(12)6-4-9/h3-6,11,14H,7-8H2,1-2H3. The molecular formula is C11H16BrNS. The van der Waals surface area contributed by atoms with Crippen LogP contribution in [0.4, 0.5) is 0 Å². The minimum absolute atomic E-state index is 0.473. The lowest BCUT2D eigenvalue weighted by Gasteiger charge is -2.24. The third kappa shape index (κ3) is 3.30. The van der Waals surface area contributed by atoms with Gasteiger partial charge in [-0.15, -0.1) is 0 Å². The summed E-state index contributed by atoms with van der Waals surface area (Å²) in [4.78, 5) is 2.24. The van der Waals surface area contributed by atoms with Crippen LogP contribution in [0.1, 0.15) is 18.0 Å². The Morgan fingerprint density at radius 3 is 2.29 bits per heavy atom. The smallest absolute Gasteiger partial charge is 0.0349 e. The topological polar surface area (TPSA) is 3.24 Å². The van der Waals surface area contributed by atoms with E-state index in [1.165, 1.54) is 5.56 Å². The zero-order valence-corrected chi connectivity index (χ0v) is 11.1. The van der Waals surface area contributed by atoms with Crippen molar-refractivity contribution in [1.82, 2.24) is 4.90 Å². The Hall–Kier alpha value is 0.01000. The monoisotopic (exact) mass is 273 g/mol. The fourth-order valence-corrected chi connectivity index (χ4v) is 2.04. The van der Waals surface area contributed by atoms with Gasteiger partial charge in [0.25, 0.3) is 0 Å². The van der Waals surface area contributed by atoms with E-state index in [2.05, 4.69) is 71.8 Å². The molecule has 1 unspecified atom stereocenters. The van der Waals surface area contributed by atoms with Gasteiger partial charge in [-0.1, -0.05) is 28.1 Å². The van der Waals surface area contributed by atoms with E-state index in [-0.39, 0.29) is 0 Å². The quantitative estimate of drug-likeness (QED) is 0.824. The van der Waals surface area contributed by atoms with Gasteiger partial charge in [-0.3, -0.25) is 0 Å². The largest absolute Gasteiger partial charge is 0.302 e. The molecule has 1 aromatic carbocycles. The maximum atomic E-state index is 4.29. The molecule has 0 heterocycles. The Balaban J connectivity index is 2.82. The molecule has 14 heavy (non-hydrogen) atoms. The summed E-state index contributed by atoms with van der Waals surface area (Å²) in [6, 6.07) is 8.98. The number of nitrogens with zero attached hydrogens (tertiary/aromatic N) is 1. The molecule has 1 atom stereocenters. The molecule has 0 amide bonds. The maximum absolute atomic E-state index is 4.29. The second-order valence-corrected chi connectivity index (χ2v) is 4.91. The molecule has 1 aromatic rings. The van der Waals surface area contributed by atoms with Crippen LogP contribution >= 0.6 is 28.6 Å². The first-order valence-corrected chi connectivity index (χ1v) is 6.10. The van der Waals surface area contributed by atoms with Crippen molar-refractivity contribution in [2.24, 2.45) is 0 Å². The zero-order valence-electron chi connectivity index (χ0n) is 8.57. The lowest BCUT2D eigenvalue weighted by Crippen LogP contribution is -2.20. The number of thiol groups is 1. The van der Waals surface area contributed by atoms with Gasteiger partial charge >= 0.3 is 0 Å². The second kappa shape index (κ2) is 5.79. The first kappa shape index (κ1) is 12.1. The van der Waals surface area contributed by atoms with E-state index in [1.807, 2.05) is 0 Å². The van der Waals surface area contributed by atoms with Crippen molar-refractivity contribution < 1.29 is 0 Å². The Morgan fingerprint density at radius 1 is 1.29 bits per heavy atom. The highest BCUT2D eigenvalue weighted by Crippen LogP contribution is 2.23. The van der Waals surface area contributed by atoms with Crippen LogP contribution in [0.3, 0.4) is 0 Å². The van der Waals surface area contributed by atoms with E-state index in [9.17, 15) is 0 Å². The van der Waals surface area contributed by atoms with Crippen LogP contribution in [0.15, 0.2) is 28.7 Å². The van der Waals surface area contributed by atoms with E-state index in [1.54, 1.807) is 0 Å². The summed E-state index contributed by atoms with van der Waals surface area (Å²) in [5.41, 5.74) is 1.35. The number of rotatable bonds is 4. The first-order chi connectivity index (χ1) is 6.65. The fraction of sp³-hybridized carbons (Fsp3) is 0.455. The Morgan fingerprint density at radius 2 is 1.86 bits per heavy atom. The van der Waals surface area contributed by atoms with Crippen LogP contribution in [-0.4, -0.2) is 24.7 Å². The predicted molar refractivity (Wildman–Crippen MR) is 69.0 cm³/mol. The Bertz CT molecular complexity index is 271. The summed E-state index contributed by atoms with van der Waals surface area (Å²) in [7, 11) is 4.21. The number of benzene rings is 1. The van der Waals surface area contributed by atoms with Crippen LogP contribution in [0.25, 0.3) is 0 Å². The summed E-state index contributed by atoms with van der Waals surface area (Å²) in [6.07, 6.45) is 1.08. The molecule has 0 bridgehead atoms. The van der Waals surface area contributed by atoms with Gasteiger partial charge in [-0.2, -0.15) is 12.6 Å². The van der Waals surface area contributed by atoms with Crippen molar-refractivity contribution in [3.8, 4) is 0 Å². The number of halogens is 1. The molecule has 0 aliphatic rings. The van der Waals surface area contributed by atoms with Gasteiger partial charge in [0.05, 0.1) is 0 Å². The van der Waals surface area contributed by atoms with Crippen molar-refractivity contribution in [1.29, 1.82) is 0 Å². The van der Waals surface area contributed by atoms with E-state index >= 15 is 0 Å². The van der Waals surface area contributed by atoms with E-state index in [0.717, 1.165) is 16.6 Å². The van der Waals surface area contributed by atoms with Gasteiger partial charge in [-0.25, -0.2) is 0 Å². The molecule has 1 rings (SSSR count). The highest BCUT2D eigenvalue weighted by Gasteiger charge is 2.12. The molecule has 0 fully saturated rings. The molecule has 0 aliphatic heterocycles. The van der Waals surface area contributed by atoms with Gasteiger partial charge in [0, 0.05) is 10.5 Å².